The number of carbonyl (C=O) groups is 2. The van der Waals surface area contributed by atoms with Crippen molar-refractivity contribution in [2.75, 3.05) is 26.1 Å². The van der Waals surface area contributed by atoms with Crippen molar-refractivity contribution in [1.82, 2.24) is 14.5 Å². The molecule has 1 saturated heterocycles. The maximum absolute atomic E-state index is 13.4. The Morgan fingerprint density at radius 2 is 1.76 bits per heavy atom. The summed E-state index contributed by atoms with van der Waals surface area (Å²) >= 11 is 0. The van der Waals surface area contributed by atoms with E-state index in [1.807, 2.05) is 31.2 Å². The SMILES string of the molecule is Cc1ccc(CNC(=O)[C@]2(C)CN(S(C)(=O)=O)CC(=O)N2Cc2ccc3c(c2)OCO3)cc1. The molecule has 0 aromatic heterocycles. The molecule has 10 heteroatoms. The molecule has 0 saturated carbocycles. The Balaban J connectivity index is 1.60. The molecule has 2 aromatic rings. The topological polar surface area (TPSA) is 105 Å². The summed E-state index contributed by atoms with van der Waals surface area (Å²) in [6.07, 6.45) is 1.04. The van der Waals surface area contributed by atoms with Gasteiger partial charge in [0.05, 0.1) is 12.8 Å². The summed E-state index contributed by atoms with van der Waals surface area (Å²) in [5.74, 6) is 0.314. The molecule has 1 fully saturated rings. The number of rotatable bonds is 6. The normalized spacial score (nSPS) is 20.7. The van der Waals surface area contributed by atoms with E-state index in [2.05, 4.69) is 5.32 Å². The van der Waals surface area contributed by atoms with Crippen molar-refractivity contribution >= 4 is 21.8 Å². The smallest absolute Gasteiger partial charge is 0.247 e. The van der Waals surface area contributed by atoms with Crippen molar-refractivity contribution in [2.24, 2.45) is 0 Å². The summed E-state index contributed by atoms with van der Waals surface area (Å²) in [5, 5.41) is 2.88. The monoisotopic (exact) mass is 473 g/mol. The molecule has 176 valence electrons. The standard InChI is InChI=1S/C23H27N3O6S/c1-16-4-6-17(7-5-16)11-24-22(28)23(2)14-25(33(3,29)30)13-21(27)26(23)12-18-8-9-19-20(10-18)32-15-31-19/h4-10H,11-15H2,1-3H3,(H,24,28)/t23-/m0/s1. The van der Waals surface area contributed by atoms with Gasteiger partial charge in [-0.25, -0.2) is 8.42 Å². The van der Waals surface area contributed by atoms with Crippen molar-refractivity contribution in [3.8, 4) is 11.5 Å². The van der Waals surface area contributed by atoms with Crippen molar-refractivity contribution < 1.29 is 27.5 Å². The highest BCUT2D eigenvalue weighted by Crippen LogP contribution is 2.34. The lowest BCUT2D eigenvalue weighted by Gasteiger charge is -2.46. The maximum atomic E-state index is 13.4. The van der Waals surface area contributed by atoms with Gasteiger partial charge in [0.2, 0.25) is 28.6 Å². The van der Waals surface area contributed by atoms with Gasteiger partial charge >= 0.3 is 0 Å². The third kappa shape index (κ3) is 4.81. The van der Waals surface area contributed by atoms with Crippen LogP contribution in [-0.2, 0) is 32.7 Å². The first-order chi connectivity index (χ1) is 15.6. The van der Waals surface area contributed by atoms with Crippen LogP contribution in [0, 0.1) is 6.92 Å². The molecule has 2 aliphatic heterocycles. The second kappa shape index (κ2) is 8.68. The lowest BCUT2D eigenvalue weighted by molar-refractivity contribution is -0.153. The Kier molecular flexibility index (Phi) is 6.06. The fourth-order valence-electron chi connectivity index (χ4n) is 3.99. The molecule has 0 radical (unpaired) electrons. The molecular weight excluding hydrogens is 446 g/mol. The number of hydrogen-bond acceptors (Lipinski definition) is 6. The Morgan fingerprint density at radius 1 is 1.09 bits per heavy atom. The van der Waals surface area contributed by atoms with Gasteiger partial charge in [-0.15, -0.1) is 0 Å². The summed E-state index contributed by atoms with van der Waals surface area (Å²) in [6.45, 7) is 3.64. The maximum Gasteiger partial charge on any atom is 0.247 e. The van der Waals surface area contributed by atoms with Gasteiger partial charge in [-0.05, 0) is 37.1 Å². The van der Waals surface area contributed by atoms with Crippen molar-refractivity contribution in [2.45, 2.75) is 32.5 Å². The third-order valence-corrected chi connectivity index (χ3v) is 7.20. The highest BCUT2D eigenvalue weighted by molar-refractivity contribution is 7.88. The predicted molar refractivity (Wildman–Crippen MR) is 121 cm³/mol. The van der Waals surface area contributed by atoms with Crippen LogP contribution in [0.2, 0.25) is 0 Å². The number of hydrogen-bond donors (Lipinski definition) is 1. The van der Waals surface area contributed by atoms with Gasteiger partial charge < -0.3 is 19.7 Å². The van der Waals surface area contributed by atoms with E-state index in [4.69, 9.17) is 9.47 Å². The molecule has 0 spiro atoms. The molecule has 1 N–H and O–H groups in total. The van der Waals surface area contributed by atoms with Gasteiger partial charge in [-0.1, -0.05) is 35.9 Å². The Bertz CT molecular complexity index is 1180. The van der Waals surface area contributed by atoms with Gasteiger partial charge in [0.25, 0.3) is 0 Å². The summed E-state index contributed by atoms with van der Waals surface area (Å²) in [6, 6.07) is 13.0. The van der Waals surface area contributed by atoms with E-state index in [1.165, 1.54) is 4.90 Å². The second-order valence-electron chi connectivity index (χ2n) is 8.64. The van der Waals surface area contributed by atoms with Gasteiger partial charge in [-0.3, -0.25) is 9.59 Å². The molecular formula is C23H27N3O6S. The molecule has 0 bridgehead atoms. The van der Waals surface area contributed by atoms with E-state index < -0.39 is 27.4 Å². The van der Waals surface area contributed by atoms with Gasteiger partial charge in [0, 0.05) is 19.6 Å². The number of nitrogens with one attached hydrogen (secondary N) is 1. The molecule has 0 unspecified atom stereocenters. The average Bonchev–Trinajstić information content (AvgIpc) is 3.23. The quantitative estimate of drug-likeness (QED) is 0.680. The van der Waals surface area contributed by atoms with E-state index in [-0.39, 0.29) is 33.0 Å². The minimum absolute atomic E-state index is 0.127. The predicted octanol–water partition coefficient (Wildman–Crippen LogP) is 1.40. The first kappa shape index (κ1) is 23.1. The van der Waals surface area contributed by atoms with Crippen LogP contribution in [0.5, 0.6) is 11.5 Å². The molecule has 4 rings (SSSR count). The third-order valence-electron chi connectivity index (χ3n) is 6.00. The number of piperazine rings is 1. The van der Waals surface area contributed by atoms with E-state index in [1.54, 1.807) is 25.1 Å². The summed E-state index contributed by atoms with van der Waals surface area (Å²) in [5.41, 5.74) is 1.35. The number of sulfonamides is 1. The molecule has 2 amide bonds. The average molecular weight is 474 g/mol. The van der Waals surface area contributed by atoms with Crippen LogP contribution < -0.4 is 14.8 Å². The first-order valence-electron chi connectivity index (χ1n) is 10.5. The molecule has 33 heavy (non-hydrogen) atoms. The summed E-state index contributed by atoms with van der Waals surface area (Å²) in [7, 11) is -3.67. The number of fused-ring (bicyclic) bond motifs is 1. The highest BCUT2D eigenvalue weighted by Gasteiger charge is 2.49. The lowest BCUT2D eigenvalue weighted by Crippen LogP contribution is -2.69. The summed E-state index contributed by atoms with van der Waals surface area (Å²) in [4.78, 5) is 27.9. The number of ether oxygens (including phenoxy) is 2. The van der Waals surface area contributed by atoms with Crippen LogP contribution in [0.15, 0.2) is 42.5 Å². The van der Waals surface area contributed by atoms with E-state index in [0.717, 1.165) is 27.3 Å². The second-order valence-corrected chi connectivity index (χ2v) is 10.6. The van der Waals surface area contributed by atoms with Gasteiger partial charge in [-0.2, -0.15) is 4.31 Å². The molecule has 0 aliphatic carbocycles. The zero-order chi connectivity index (χ0) is 23.8. The number of carbonyl (C=O) groups excluding carboxylic acids is 2. The Hall–Kier alpha value is -3.11. The molecule has 2 aromatic carbocycles. The molecule has 1 atom stereocenters. The summed E-state index contributed by atoms with van der Waals surface area (Å²) < 4.78 is 36.3. The van der Waals surface area contributed by atoms with Crippen LogP contribution >= 0.6 is 0 Å². The fraction of sp³-hybridized carbons (Fsp3) is 0.391. The number of aryl methyl sites for hydroxylation is 1. The number of nitrogens with zero attached hydrogens (tertiary/aromatic N) is 2. The van der Waals surface area contributed by atoms with Gasteiger partial charge in [0.1, 0.15) is 5.54 Å². The van der Waals surface area contributed by atoms with Crippen molar-refractivity contribution in [1.29, 1.82) is 0 Å². The molecule has 2 aliphatic rings. The minimum Gasteiger partial charge on any atom is -0.454 e. The zero-order valence-corrected chi connectivity index (χ0v) is 19.6. The highest BCUT2D eigenvalue weighted by atomic mass is 32.2. The zero-order valence-electron chi connectivity index (χ0n) is 18.8. The van der Waals surface area contributed by atoms with Crippen LogP contribution in [0.1, 0.15) is 23.6 Å². The van der Waals surface area contributed by atoms with Gasteiger partial charge in [0.15, 0.2) is 11.5 Å². The fourth-order valence-corrected chi connectivity index (χ4v) is 4.82. The van der Waals surface area contributed by atoms with E-state index >= 15 is 0 Å². The Morgan fingerprint density at radius 3 is 2.45 bits per heavy atom. The minimum atomic E-state index is -3.67. The first-order valence-corrected chi connectivity index (χ1v) is 12.4. The molecule has 2 heterocycles. The van der Waals surface area contributed by atoms with Crippen LogP contribution in [0.25, 0.3) is 0 Å². The van der Waals surface area contributed by atoms with E-state index in [9.17, 15) is 18.0 Å². The van der Waals surface area contributed by atoms with Crippen molar-refractivity contribution in [3.63, 3.8) is 0 Å². The van der Waals surface area contributed by atoms with E-state index in [0.29, 0.717) is 11.5 Å². The number of amides is 2. The lowest BCUT2D eigenvalue weighted by atomic mass is 9.94. The van der Waals surface area contributed by atoms with Crippen molar-refractivity contribution in [3.05, 3.63) is 59.2 Å². The van der Waals surface area contributed by atoms with Crippen LogP contribution in [0.4, 0.5) is 0 Å². The van der Waals surface area contributed by atoms with Crippen LogP contribution in [0.3, 0.4) is 0 Å². The largest absolute Gasteiger partial charge is 0.454 e. The number of benzene rings is 2. The van der Waals surface area contributed by atoms with Crippen LogP contribution in [-0.4, -0.2) is 61.1 Å². The molecule has 9 nitrogen and oxygen atoms in total. The Labute approximate surface area is 193 Å².